The van der Waals surface area contributed by atoms with Crippen LogP contribution >= 0.6 is 0 Å². The summed E-state index contributed by atoms with van der Waals surface area (Å²) in [4.78, 5) is 12.3. The van der Waals surface area contributed by atoms with E-state index in [9.17, 15) is 4.79 Å². The van der Waals surface area contributed by atoms with Crippen molar-refractivity contribution in [3.05, 3.63) is 47.5 Å². The van der Waals surface area contributed by atoms with E-state index < -0.39 is 5.92 Å². The highest BCUT2D eigenvalue weighted by molar-refractivity contribution is 5.81. The van der Waals surface area contributed by atoms with Gasteiger partial charge in [0.05, 0.1) is 6.61 Å². The maximum atomic E-state index is 12.3. The van der Waals surface area contributed by atoms with Crippen LogP contribution in [0.5, 0.6) is 0 Å². The van der Waals surface area contributed by atoms with Crippen LogP contribution in [-0.4, -0.2) is 27.3 Å². The largest absolute Gasteiger partial charge is 0.465 e. The van der Waals surface area contributed by atoms with Gasteiger partial charge in [0.2, 0.25) is 0 Å². The standard InChI is InChI=1S/C15H19N3O2/c1-4-18-10-16-17-14(18)13(15(19)20-5-2)12-8-6-11(3)7-9-12/h6-10,13H,4-5H2,1-3H3. The molecule has 0 amide bonds. The van der Waals surface area contributed by atoms with Crippen molar-refractivity contribution >= 4 is 5.97 Å². The molecule has 0 saturated heterocycles. The molecule has 0 N–H and O–H groups in total. The highest BCUT2D eigenvalue weighted by Gasteiger charge is 2.28. The molecule has 1 atom stereocenters. The fraction of sp³-hybridized carbons (Fsp3) is 0.400. The van der Waals surface area contributed by atoms with Crippen LogP contribution in [0.4, 0.5) is 0 Å². The molecule has 1 unspecified atom stereocenters. The fourth-order valence-electron chi connectivity index (χ4n) is 2.11. The normalized spacial score (nSPS) is 12.2. The number of carbonyl (C=O) groups excluding carboxylic acids is 1. The van der Waals surface area contributed by atoms with E-state index >= 15 is 0 Å². The Morgan fingerprint density at radius 2 is 2.00 bits per heavy atom. The van der Waals surface area contributed by atoms with Gasteiger partial charge >= 0.3 is 5.97 Å². The third-order valence-corrected chi connectivity index (χ3v) is 3.18. The second-order valence-corrected chi connectivity index (χ2v) is 4.57. The first kappa shape index (κ1) is 14.2. The number of rotatable bonds is 5. The van der Waals surface area contributed by atoms with Crippen LogP contribution in [0, 0.1) is 6.92 Å². The number of carbonyl (C=O) groups is 1. The van der Waals surface area contributed by atoms with E-state index in [0.717, 1.165) is 11.1 Å². The molecule has 0 aliphatic carbocycles. The molecule has 20 heavy (non-hydrogen) atoms. The molecule has 0 aliphatic rings. The predicted molar refractivity (Wildman–Crippen MR) is 75.4 cm³/mol. The Labute approximate surface area is 118 Å². The maximum Gasteiger partial charge on any atom is 0.321 e. The highest BCUT2D eigenvalue weighted by atomic mass is 16.5. The van der Waals surface area contributed by atoms with Gasteiger partial charge in [0.25, 0.3) is 0 Å². The van der Waals surface area contributed by atoms with Crippen molar-refractivity contribution in [3.8, 4) is 0 Å². The summed E-state index contributed by atoms with van der Waals surface area (Å²) < 4.78 is 7.05. The summed E-state index contributed by atoms with van der Waals surface area (Å²) >= 11 is 0. The van der Waals surface area contributed by atoms with Gasteiger partial charge in [0.15, 0.2) is 5.82 Å². The Hall–Kier alpha value is -2.17. The lowest BCUT2D eigenvalue weighted by Gasteiger charge is -2.16. The number of hydrogen-bond acceptors (Lipinski definition) is 4. The van der Waals surface area contributed by atoms with Gasteiger partial charge in [0, 0.05) is 6.54 Å². The van der Waals surface area contributed by atoms with Crippen molar-refractivity contribution in [2.45, 2.75) is 33.2 Å². The van der Waals surface area contributed by atoms with Crippen LogP contribution in [0.25, 0.3) is 0 Å². The minimum atomic E-state index is -0.530. The van der Waals surface area contributed by atoms with Gasteiger partial charge in [-0.3, -0.25) is 4.79 Å². The van der Waals surface area contributed by atoms with Crippen LogP contribution in [0.1, 0.15) is 36.7 Å². The summed E-state index contributed by atoms with van der Waals surface area (Å²) in [5.74, 6) is -0.202. The number of aryl methyl sites for hydroxylation is 2. The quantitative estimate of drug-likeness (QED) is 0.784. The Balaban J connectivity index is 2.44. The molecule has 0 radical (unpaired) electrons. The van der Waals surface area contributed by atoms with Crippen molar-refractivity contribution in [1.82, 2.24) is 14.8 Å². The first-order valence-corrected chi connectivity index (χ1v) is 6.78. The second kappa shape index (κ2) is 6.32. The molecule has 0 fully saturated rings. The number of benzene rings is 1. The van der Waals surface area contributed by atoms with E-state index in [1.807, 2.05) is 42.7 Å². The molecule has 0 bridgehead atoms. The zero-order chi connectivity index (χ0) is 14.5. The minimum Gasteiger partial charge on any atom is -0.465 e. The van der Waals surface area contributed by atoms with Crippen molar-refractivity contribution in [2.24, 2.45) is 0 Å². The lowest BCUT2D eigenvalue weighted by atomic mass is 9.97. The Bertz CT molecular complexity index is 575. The molecule has 1 aromatic heterocycles. The fourth-order valence-corrected chi connectivity index (χ4v) is 2.11. The Morgan fingerprint density at radius 3 is 2.60 bits per heavy atom. The second-order valence-electron chi connectivity index (χ2n) is 4.57. The average Bonchev–Trinajstić information content (AvgIpc) is 2.90. The molecule has 1 aromatic carbocycles. The molecule has 2 aromatic rings. The van der Waals surface area contributed by atoms with E-state index in [2.05, 4.69) is 10.2 Å². The zero-order valence-corrected chi connectivity index (χ0v) is 12.0. The SMILES string of the molecule is CCOC(=O)C(c1ccc(C)cc1)c1nncn1CC. The zero-order valence-electron chi connectivity index (χ0n) is 12.0. The number of hydrogen-bond donors (Lipinski definition) is 0. The smallest absolute Gasteiger partial charge is 0.321 e. The number of esters is 1. The molecule has 2 rings (SSSR count). The summed E-state index contributed by atoms with van der Waals surface area (Å²) in [5.41, 5.74) is 2.02. The molecule has 106 valence electrons. The molecule has 5 nitrogen and oxygen atoms in total. The first-order chi connectivity index (χ1) is 9.67. The van der Waals surface area contributed by atoms with Gasteiger partial charge in [0.1, 0.15) is 12.2 Å². The molecule has 0 saturated carbocycles. The first-order valence-electron chi connectivity index (χ1n) is 6.78. The highest BCUT2D eigenvalue weighted by Crippen LogP contribution is 2.25. The molecule has 1 heterocycles. The molecule has 5 heteroatoms. The third kappa shape index (κ3) is 2.87. The van der Waals surface area contributed by atoms with Crippen LogP contribution in [0.2, 0.25) is 0 Å². The molecular weight excluding hydrogens is 254 g/mol. The van der Waals surface area contributed by atoms with Gasteiger partial charge in [-0.05, 0) is 26.3 Å². The van der Waals surface area contributed by atoms with Crippen LogP contribution in [0.15, 0.2) is 30.6 Å². The van der Waals surface area contributed by atoms with Crippen LogP contribution < -0.4 is 0 Å². The van der Waals surface area contributed by atoms with Gasteiger partial charge < -0.3 is 9.30 Å². The van der Waals surface area contributed by atoms with E-state index in [-0.39, 0.29) is 5.97 Å². The summed E-state index contributed by atoms with van der Waals surface area (Å²) in [6.45, 7) is 6.86. The summed E-state index contributed by atoms with van der Waals surface area (Å²) in [6.07, 6.45) is 1.63. The minimum absolute atomic E-state index is 0.293. The number of nitrogens with zero attached hydrogens (tertiary/aromatic N) is 3. The van der Waals surface area contributed by atoms with Crippen LogP contribution in [0.3, 0.4) is 0 Å². The van der Waals surface area contributed by atoms with Gasteiger partial charge in [-0.25, -0.2) is 0 Å². The van der Waals surface area contributed by atoms with E-state index in [0.29, 0.717) is 19.0 Å². The Kier molecular flexibility index (Phi) is 4.50. The van der Waals surface area contributed by atoms with Crippen molar-refractivity contribution in [2.75, 3.05) is 6.61 Å². The number of aromatic nitrogens is 3. The molecule has 0 aliphatic heterocycles. The molecular formula is C15H19N3O2. The Morgan fingerprint density at radius 1 is 1.30 bits per heavy atom. The molecule has 0 spiro atoms. The van der Waals surface area contributed by atoms with E-state index in [4.69, 9.17) is 4.74 Å². The van der Waals surface area contributed by atoms with Crippen molar-refractivity contribution in [3.63, 3.8) is 0 Å². The topological polar surface area (TPSA) is 57.0 Å². The third-order valence-electron chi connectivity index (χ3n) is 3.18. The van der Waals surface area contributed by atoms with Gasteiger partial charge in [-0.1, -0.05) is 29.8 Å². The lowest BCUT2D eigenvalue weighted by Crippen LogP contribution is -2.21. The summed E-state index contributed by atoms with van der Waals surface area (Å²) in [5, 5.41) is 8.01. The van der Waals surface area contributed by atoms with Gasteiger partial charge in [-0.15, -0.1) is 10.2 Å². The van der Waals surface area contributed by atoms with Crippen molar-refractivity contribution < 1.29 is 9.53 Å². The van der Waals surface area contributed by atoms with Crippen LogP contribution in [-0.2, 0) is 16.1 Å². The lowest BCUT2D eigenvalue weighted by molar-refractivity contribution is -0.144. The number of ether oxygens (including phenoxy) is 1. The maximum absolute atomic E-state index is 12.3. The summed E-state index contributed by atoms with van der Waals surface area (Å²) in [7, 11) is 0. The van der Waals surface area contributed by atoms with Crippen molar-refractivity contribution in [1.29, 1.82) is 0 Å². The summed E-state index contributed by atoms with van der Waals surface area (Å²) in [6, 6.07) is 7.83. The van der Waals surface area contributed by atoms with E-state index in [1.165, 1.54) is 0 Å². The predicted octanol–water partition coefficient (Wildman–Crippen LogP) is 2.30. The van der Waals surface area contributed by atoms with Gasteiger partial charge in [-0.2, -0.15) is 0 Å². The van der Waals surface area contributed by atoms with E-state index in [1.54, 1.807) is 13.3 Å². The monoisotopic (exact) mass is 273 g/mol. The average molecular weight is 273 g/mol.